The first-order valence-electron chi connectivity index (χ1n) is 12.8. The second kappa shape index (κ2) is 19.6. The standard InChI is InChI=1S/C27H45NO4/c1-2-3-4-5-6-7-8-9-10-11-12-13-14-15-22-28-25-19-16-24(17-20-25)18-21-27(31)32-23-26(29)30/h16-17,19-20,28H,2-15,18,21-23H2,1H3,(H,29,30). The van der Waals surface area contributed by atoms with E-state index in [4.69, 9.17) is 5.11 Å². The third-order valence-corrected chi connectivity index (χ3v) is 5.79. The number of aryl methyl sites for hydroxylation is 1. The molecule has 0 amide bonds. The number of carbonyl (C=O) groups excluding carboxylic acids is 1. The molecule has 0 aliphatic carbocycles. The number of benzene rings is 1. The molecule has 1 aromatic rings. The van der Waals surface area contributed by atoms with Crippen molar-refractivity contribution >= 4 is 17.6 Å². The number of hydrogen-bond donors (Lipinski definition) is 2. The summed E-state index contributed by atoms with van der Waals surface area (Å²) in [5, 5.41) is 12.0. The van der Waals surface area contributed by atoms with Crippen molar-refractivity contribution in [3.63, 3.8) is 0 Å². The van der Waals surface area contributed by atoms with Crippen molar-refractivity contribution in [1.29, 1.82) is 0 Å². The molecule has 0 aliphatic heterocycles. The molecule has 0 saturated heterocycles. The van der Waals surface area contributed by atoms with Crippen LogP contribution in [0, 0.1) is 0 Å². The lowest BCUT2D eigenvalue weighted by Gasteiger charge is -2.08. The molecule has 5 nitrogen and oxygen atoms in total. The predicted molar refractivity (Wildman–Crippen MR) is 132 cm³/mol. The normalized spacial score (nSPS) is 10.8. The molecule has 182 valence electrons. The van der Waals surface area contributed by atoms with Gasteiger partial charge in [-0.05, 0) is 30.5 Å². The number of unbranched alkanes of at least 4 members (excludes halogenated alkanes) is 13. The highest BCUT2D eigenvalue weighted by atomic mass is 16.5. The van der Waals surface area contributed by atoms with Crippen LogP contribution in [0.5, 0.6) is 0 Å². The molecule has 0 spiro atoms. The molecule has 0 aromatic heterocycles. The minimum Gasteiger partial charge on any atom is -0.479 e. The van der Waals surface area contributed by atoms with Crippen molar-refractivity contribution in [2.75, 3.05) is 18.5 Å². The Morgan fingerprint density at radius 2 is 1.28 bits per heavy atom. The summed E-state index contributed by atoms with van der Waals surface area (Å²) in [4.78, 5) is 21.8. The van der Waals surface area contributed by atoms with Crippen LogP contribution in [0.4, 0.5) is 5.69 Å². The van der Waals surface area contributed by atoms with Gasteiger partial charge in [-0.3, -0.25) is 4.79 Å². The molecule has 32 heavy (non-hydrogen) atoms. The summed E-state index contributed by atoms with van der Waals surface area (Å²) in [5.74, 6) is -1.61. The van der Waals surface area contributed by atoms with E-state index in [0.717, 1.165) is 17.8 Å². The number of hydrogen-bond acceptors (Lipinski definition) is 4. The quantitative estimate of drug-likeness (QED) is 0.155. The van der Waals surface area contributed by atoms with Crippen LogP contribution in [0.25, 0.3) is 0 Å². The molecule has 0 atom stereocenters. The Hall–Kier alpha value is -2.04. The number of carboxylic acids is 1. The Labute approximate surface area is 195 Å². The average Bonchev–Trinajstić information content (AvgIpc) is 2.79. The lowest BCUT2D eigenvalue weighted by Crippen LogP contribution is -2.13. The maximum absolute atomic E-state index is 11.5. The van der Waals surface area contributed by atoms with Crippen LogP contribution in [0.1, 0.15) is 109 Å². The van der Waals surface area contributed by atoms with Gasteiger partial charge in [0.25, 0.3) is 0 Å². The van der Waals surface area contributed by atoms with E-state index in [-0.39, 0.29) is 6.42 Å². The van der Waals surface area contributed by atoms with Gasteiger partial charge in [-0.1, -0.05) is 103 Å². The highest BCUT2D eigenvalue weighted by Gasteiger charge is 2.06. The Morgan fingerprint density at radius 1 is 0.781 bits per heavy atom. The summed E-state index contributed by atoms with van der Waals surface area (Å²) in [6, 6.07) is 8.06. The predicted octanol–water partition coefficient (Wildman–Crippen LogP) is 7.14. The molecule has 0 radical (unpaired) electrons. The van der Waals surface area contributed by atoms with Crippen LogP contribution in [-0.4, -0.2) is 30.2 Å². The van der Waals surface area contributed by atoms with Crippen molar-refractivity contribution in [2.45, 2.75) is 110 Å². The summed E-state index contributed by atoms with van der Waals surface area (Å²) in [5.41, 5.74) is 2.14. The number of ether oxygens (including phenoxy) is 1. The van der Waals surface area contributed by atoms with Crippen molar-refractivity contribution in [3.05, 3.63) is 29.8 Å². The van der Waals surface area contributed by atoms with Crippen molar-refractivity contribution in [2.24, 2.45) is 0 Å². The lowest BCUT2D eigenvalue weighted by molar-refractivity contribution is -0.155. The Kier molecular flexibility index (Phi) is 17.2. The zero-order valence-electron chi connectivity index (χ0n) is 20.2. The van der Waals surface area contributed by atoms with E-state index < -0.39 is 18.5 Å². The largest absolute Gasteiger partial charge is 0.479 e. The number of esters is 1. The van der Waals surface area contributed by atoms with Crippen LogP contribution in [0.15, 0.2) is 24.3 Å². The number of carbonyl (C=O) groups is 2. The first-order valence-corrected chi connectivity index (χ1v) is 12.8. The number of anilines is 1. The van der Waals surface area contributed by atoms with Gasteiger partial charge < -0.3 is 15.2 Å². The van der Waals surface area contributed by atoms with Crippen LogP contribution < -0.4 is 5.32 Å². The van der Waals surface area contributed by atoms with Crippen molar-refractivity contribution < 1.29 is 19.4 Å². The van der Waals surface area contributed by atoms with Gasteiger partial charge in [0.15, 0.2) is 6.61 Å². The van der Waals surface area contributed by atoms with Gasteiger partial charge in [-0.2, -0.15) is 0 Å². The molecule has 0 aliphatic rings. The number of carboxylic acid groups (broad SMARTS) is 1. The van der Waals surface area contributed by atoms with Gasteiger partial charge in [0.05, 0.1) is 0 Å². The zero-order chi connectivity index (χ0) is 23.3. The minimum atomic E-state index is -1.13. The molecule has 0 bridgehead atoms. The van der Waals surface area contributed by atoms with Crippen LogP contribution in [0.2, 0.25) is 0 Å². The summed E-state index contributed by atoms with van der Waals surface area (Å²) in [7, 11) is 0. The van der Waals surface area contributed by atoms with E-state index in [0.29, 0.717) is 6.42 Å². The summed E-state index contributed by atoms with van der Waals surface area (Å²) in [6.45, 7) is 2.69. The molecule has 0 unspecified atom stereocenters. The fourth-order valence-electron chi connectivity index (χ4n) is 3.80. The van der Waals surface area contributed by atoms with Gasteiger partial charge in [0.1, 0.15) is 0 Å². The summed E-state index contributed by atoms with van der Waals surface area (Å²) in [6.07, 6.45) is 20.0. The maximum atomic E-state index is 11.5. The van der Waals surface area contributed by atoms with Crippen molar-refractivity contribution in [1.82, 2.24) is 0 Å². The summed E-state index contributed by atoms with van der Waals surface area (Å²) >= 11 is 0. The Morgan fingerprint density at radius 3 is 1.78 bits per heavy atom. The zero-order valence-corrected chi connectivity index (χ0v) is 20.2. The molecule has 5 heteroatoms. The fourth-order valence-corrected chi connectivity index (χ4v) is 3.80. The third kappa shape index (κ3) is 16.6. The van der Waals surface area contributed by atoms with Crippen LogP contribution >= 0.6 is 0 Å². The Bertz CT molecular complexity index is 600. The third-order valence-electron chi connectivity index (χ3n) is 5.79. The maximum Gasteiger partial charge on any atom is 0.341 e. The molecule has 1 aromatic carbocycles. The average molecular weight is 448 g/mol. The molecule has 0 fully saturated rings. The SMILES string of the molecule is CCCCCCCCCCCCCCCCNc1ccc(CCC(=O)OCC(=O)O)cc1. The monoisotopic (exact) mass is 447 g/mol. The minimum absolute atomic E-state index is 0.194. The topological polar surface area (TPSA) is 75.6 Å². The number of aliphatic carboxylic acids is 1. The first-order chi connectivity index (χ1) is 15.6. The van der Waals surface area contributed by atoms with Crippen LogP contribution in [-0.2, 0) is 20.7 Å². The molecular formula is C27H45NO4. The van der Waals surface area contributed by atoms with Crippen molar-refractivity contribution in [3.8, 4) is 0 Å². The molecular weight excluding hydrogens is 402 g/mol. The second-order valence-electron chi connectivity index (χ2n) is 8.77. The van der Waals surface area contributed by atoms with Gasteiger partial charge in [-0.15, -0.1) is 0 Å². The van der Waals surface area contributed by atoms with Gasteiger partial charge >= 0.3 is 11.9 Å². The molecule has 1 rings (SSSR count). The summed E-state index contributed by atoms with van der Waals surface area (Å²) < 4.78 is 4.64. The van der Waals surface area contributed by atoms with E-state index >= 15 is 0 Å². The van der Waals surface area contributed by atoms with E-state index in [2.05, 4.69) is 17.0 Å². The Balaban J connectivity index is 1.93. The first kappa shape index (κ1) is 28.0. The fraction of sp³-hybridized carbons (Fsp3) is 0.704. The molecule has 0 heterocycles. The van der Waals surface area contributed by atoms with Gasteiger partial charge in [0.2, 0.25) is 0 Å². The second-order valence-corrected chi connectivity index (χ2v) is 8.77. The highest BCUT2D eigenvalue weighted by molar-refractivity contribution is 5.75. The van der Waals surface area contributed by atoms with Crippen LogP contribution in [0.3, 0.4) is 0 Å². The van der Waals surface area contributed by atoms with E-state index in [1.807, 2.05) is 24.3 Å². The van der Waals surface area contributed by atoms with Gasteiger partial charge in [0, 0.05) is 18.7 Å². The number of rotatable bonds is 21. The van der Waals surface area contributed by atoms with Gasteiger partial charge in [-0.25, -0.2) is 4.79 Å². The number of nitrogens with one attached hydrogen (secondary N) is 1. The van der Waals surface area contributed by atoms with E-state index in [9.17, 15) is 9.59 Å². The van der Waals surface area contributed by atoms with E-state index in [1.54, 1.807) is 0 Å². The molecule has 0 saturated carbocycles. The highest BCUT2D eigenvalue weighted by Crippen LogP contribution is 2.14. The molecule has 2 N–H and O–H groups in total. The lowest BCUT2D eigenvalue weighted by atomic mass is 10.0. The van der Waals surface area contributed by atoms with E-state index in [1.165, 1.54) is 89.9 Å². The smallest absolute Gasteiger partial charge is 0.341 e.